The first-order valence-electron chi connectivity index (χ1n) is 9.86. The number of hydrogen-bond acceptors (Lipinski definition) is 6. The van der Waals surface area contributed by atoms with Crippen LogP contribution in [0.5, 0.6) is 17.2 Å². The van der Waals surface area contributed by atoms with E-state index in [1.807, 2.05) is 78.9 Å². The number of benzene rings is 3. The molecule has 3 aromatic rings. The lowest BCUT2D eigenvalue weighted by Gasteiger charge is -2.16. The second-order valence-electron chi connectivity index (χ2n) is 6.79. The van der Waals surface area contributed by atoms with E-state index in [1.54, 1.807) is 26.2 Å². The van der Waals surface area contributed by atoms with Crippen LogP contribution in [0.1, 0.15) is 5.56 Å². The lowest BCUT2D eigenvalue weighted by molar-refractivity contribution is -0.113. The standard InChI is InChI=1S/C25H22N2O4S/c1-29-20-12-10-19(11-13-20)27-24(28)23(32-25(27)26-18-7-5-4-6-8-18)16-17-9-14-21(30-2)22(15-17)31-3/h4-16H,1-3H3/b23-16-,26-25?. The SMILES string of the molecule is COc1ccc(N2C(=O)/C(=C/c3ccc(OC)c(OC)c3)SC2=Nc2ccccc2)cc1. The smallest absolute Gasteiger partial charge is 0.271 e. The molecule has 0 atom stereocenters. The average molecular weight is 447 g/mol. The molecule has 1 aliphatic rings. The number of aliphatic imine (C=N–C) groups is 1. The molecule has 0 spiro atoms. The molecule has 0 aliphatic carbocycles. The van der Waals surface area contributed by atoms with Crippen molar-refractivity contribution >= 4 is 40.3 Å². The third kappa shape index (κ3) is 4.48. The molecule has 1 fully saturated rings. The van der Waals surface area contributed by atoms with Crippen LogP contribution in [0, 0.1) is 0 Å². The number of nitrogens with zero attached hydrogens (tertiary/aromatic N) is 2. The predicted molar refractivity (Wildman–Crippen MR) is 129 cm³/mol. The topological polar surface area (TPSA) is 60.4 Å². The van der Waals surface area contributed by atoms with Crippen molar-refractivity contribution < 1.29 is 19.0 Å². The number of amides is 1. The van der Waals surface area contributed by atoms with Gasteiger partial charge in [0.2, 0.25) is 0 Å². The van der Waals surface area contributed by atoms with E-state index in [0.717, 1.165) is 17.0 Å². The minimum Gasteiger partial charge on any atom is -0.497 e. The van der Waals surface area contributed by atoms with Gasteiger partial charge in [-0.1, -0.05) is 24.3 Å². The molecule has 1 amide bonds. The second kappa shape index (κ2) is 9.62. The van der Waals surface area contributed by atoms with Gasteiger partial charge in [0.15, 0.2) is 16.7 Å². The van der Waals surface area contributed by atoms with Crippen LogP contribution in [0.2, 0.25) is 0 Å². The van der Waals surface area contributed by atoms with Gasteiger partial charge in [0.1, 0.15) is 5.75 Å². The van der Waals surface area contributed by atoms with Gasteiger partial charge in [0, 0.05) is 0 Å². The minimum absolute atomic E-state index is 0.148. The van der Waals surface area contributed by atoms with Crippen LogP contribution >= 0.6 is 11.8 Å². The number of hydrogen-bond donors (Lipinski definition) is 0. The number of amidine groups is 1. The van der Waals surface area contributed by atoms with Crippen molar-refractivity contribution in [3.63, 3.8) is 0 Å². The molecule has 0 unspecified atom stereocenters. The molecule has 0 radical (unpaired) electrons. The molecule has 1 aliphatic heterocycles. The summed E-state index contributed by atoms with van der Waals surface area (Å²) in [5, 5.41) is 0.582. The third-order valence-electron chi connectivity index (χ3n) is 4.82. The van der Waals surface area contributed by atoms with Gasteiger partial charge in [-0.2, -0.15) is 0 Å². The molecule has 0 N–H and O–H groups in total. The molecule has 1 saturated heterocycles. The first kappa shape index (κ1) is 21.5. The molecule has 7 heteroatoms. The summed E-state index contributed by atoms with van der Waals surface area (Å²) in [6.45, 7) is 0. The Kier molecular flexibility index (Phi) is 6.47. The van der Waals surface area contributed by atoms with Crippen molar-refractivity contribution in [3.05, 3.63) is 83.3 Å². The summed E-state index contributed by atoms with van der Waals surface area (Å²) in [6, 6.07) is 22.4. The zero-order valence-electron chi connectivity index (χ0n) is 17.9. The van der Waals surface area contributed by atoms with E-state index in [2.05, 4.69) is 0 Å². The van der Waals surface area contributed by atoms with Crippen molar-refractivity contribution in [2.45, 2.75) is 0 Å². The number of methoxy groups -OCH3 is 3. The highest BCUT2D eigenvalue weighted by molar-refractivity contribution is 8.19. The number of carbonyl (C=O) groups is 1. The van der Waals surface area contributed by atoms with Crippen molar-refractivity contribution in [2.75, 3.05) is 26.2 Å². The van der Waals surface area contributed by atoms with Gasteiger partial charge in [-0.15, -0.1) is 0 Å². The molecule has 3 aromatic carbocycles. The molecule has 0 aromatic heterocycles. The third-order valence-corrected chi connectivity index (χ3v) is 5.79. The van der Waals surface area contributed by atoms with Crippen molar-refractivity contribution in [1.82, 2.24) is 0 Å². The molecule has 1 heterocycles. The fourth-order valence-corrected chi connectivity index (χ4v) is 4.22. The number of para-hydroxylation sites is 1. The molecule has 4 rings (SSSR count). The number of anilines is 1. The van der Waals surface area contributed by atoms with Crippen molar-refractivity contribution in [2.24, 2.45) is 4.99 Å². The van der Waals surface area contributed by atoms with Gasteiger partial charge in [-0.05, 0) is 71.9 Å². The Morgan fingerprint density at radius 1 is 0.844 bits per heavy atom. The first-order chi connectivity index (χ1) is 15.6. The predicted octanol–water partition coefficient (Wildman–Crippen LogP) is 5.52. The largest absolute Gasteiger partial charge is 0.497 e. The van der Waals surface area contributed by atoms with Crippen molar-refractivity contribution in [3.8, 4) is 17.2 Å². The summed E-state index contributed by atoms with van der Waals surface area (Å²) in [5.41, 5.74) is 2.32. The molecule has 6 nitrogen and oxygen atoms in total. The Balaban J connectivity index is 1.75. The van der Waals surface area contributed by atoms with E-state index in [4.69, 9.17) is 19.2 Å². The van der Waals surface area contributed by atoms with Crippen LogP contribution in [0.15, 0.2) is 82.7 Å². The van der Waals surface area contributed by atoms with Gasteiger partial charge in [-0.3, -0.25) is 9.69 Å². The highest BCUT2D eigenvalue weighted by Crippen LogP contribution is 2.38. The number of thioether (sulfide) groups is 1. The Bertz CT molecular complexity index is 1170. The van der Waals surface area contributed by atoms with E-state index < -0.39 is 0 Å². The molecule has 32 heavy (non-hydrogen) atoms. The highest BCUT2D eigenvalue weighted by atomic mass is 32.2. The van der Waals surface area contributed by atoms with Crippen LogP contribution < -0.4 is 19.1 Å². The van der Waals surface area contributed by atoms with Crippen LogP contribution in [0.3, 0.4) is 0 Å². The summed E-state index contributed by atoms with van der Waals surface area (Å²) < 4.78 is 15.9. The second-order valence-corrected chi connectivity index (χ2v) is 7.80. The summed E-state index contributed by atoms with van der Waals surface area (Å²) in [7, 11) is 4.78. The zero-order chi connectivity index (χ0) is 22.5. The summed E-state index contributed by atoms with van der Waals surface area (Å²) in [4.78, 5) is 20.3. The van der Waals surface area contributed by atoms with E-state index in [-0.39, 0.29) is 5.91 Å². The Morgan fingerprint density at radius 3 is 2.22 bits per heavy atom. The van der Waals surface area contributed by atoms with Gasteiger partial charge < -0.3 is 14.2 Å². The number of rotatable bonds is 6. The Hall–Kier alpha value is -3.71. The maximum Gasteiger partial charge on any atom is 0.271 e. The van der Waals surface area contributed by atoms with Gasteiger partial charge in [0.25, 0.3) is 5.91 Å². The fraction of sp³-hybridized carbons (Fsp3) is 0.120. The van der Waals surface area contributed by atoms with Crippen LogP contribution in [-0.4, -0.2) is 32.4 Å². The van der Waals surface area contributed by atoms with E-state index in [9.17, 15) is 4.79 Å². The summed E-state index contributed by atoms with van der Waals surface area (Å²) in [6.07, 6.45) is 1.83. The van der Waals surface area contributed by atoms with E-state index >= 15 is 0 Å². The van der Waals surface area contributed by atoms with Crippen molar-refractivity contribution in [1.29, 1.82) is 0 Å². The summed E-state index contributed by atoms with van der Waals surface area (Å²) in [5.74, 6) is 1.80. The molecule has 162 valence electrons. The summed E-state index contributed by atoms with van der Waals surface area (Å²) >= 11 is 1.33. The molecular formula is C25H22N2O4S. The Morgan fingerprint density at radius 2 is 1.56 bits per heavy atom. The Labute approximate surface area is 191 Å². The van der Waals surface area contributed by atoms with E-state index in [0.29, 0.717) is 27.3 Å². The lowest BCUT2D eigenvalue weighted by Crippen LogP contribution is -2.28. The number of ether oxygens (including phenoxy) is 3. The van der Waals surface area contributed by atoms with Crippen LogP contribution in [0.25, 0.3) is 6.08 Å². The van der Waals surface area contributed by atoms with Gasteiger partial charge >= 0.3 is 0 Å². The quantitative estimate of drug-likeness (QED) is 0.467. The first-order valence-corrected chi connectivity index (χ1v) is 10.7. The fourth-order valence-electron chi connectivity index (χ4n) is 3.21. The molecular weight excluding hydrogens is 424 g/mol. The lowest BCUT2D eigenvalue weighted by atomic mass is 10.2. The minimum atomic E-state index is -0.148. The van der Waals surface area contributed by atoms with E-state index in [1.165, 1.54) is 11.8 Å². The zero-order valence-corrected chi connectivity index (χ0v) is 18.8. The average Bonchev–Trinajstić information content (AvgIpc) is 3.13. The van der Waals surface area contributed by atoms with Crippen LogP contribution in [-0.2, 0) is 4.79 Å². The maximum absolute atomic E-state index is 13.4. The van der Waals surface area contributed by atoms with Crippen LogP contribution in [0.4, 0.5) is 11.4 Å². The van der Waals surface area contributed by atoms with Gasteiger partial charge in [0.05, 0.1) is 37.6 Å². The molecule has 0 saturated carbocycles. The van der Waals surface area contributed by atoms with Gasteiger partial charge in [-0.25, -0.2) is 4.99 Å². The normalized spacial score (nSPS) is 16.0. The monoisotopic (exact) mass is 446 g/mol. The highest BCUT2D eigenvalue weighted by Gasteiger charge is 2.34. The molecule has 0 bridgehead atoms. The number of carbonyl (C=O) groups excluding carboxylic acids is 1. The maximum atomic E-state index is 13.4.